The summed E-state index contributed by atoms with van der Waals surface area (Å²) in [7, 11) is 4.92. The molecule has 1 saturated carbocycles. The first-order valence-corrected chi connectivity index (χ1v) is 14.0. The van der Waals surface area contributed by atoms with Crippen molar-refractivity contribution in [3.8, 4) is 5.75 Å². The van der Waals surface area contributed by atoms with E-state index in [0.717, 1.165) is 6.42 Å². The number of aromatic hydroxyl groups is 1. The number of ketones is 2. The van der Waals surface area contributed by atoms with Gasteiger partial charge in [-0.05, 0) is 71.7 Å². The summed E-state index contributed by atoms with van der Waals surface area (Å²) in [6, 6.07) is 0.0228. The molecule has 4 rings (SSSR count). The van der Waals surface area contributed by atoms with Crippen LogP contribution >= 0.6 is 24.8 Å². The summed E-state index contributed by atoms with van der Waals surface area (Å²) in [5, 5.41) is 44.9. The van der Waals surface area contributed by atoms with E-state index in [4.69, 9.17) is 5.73 Å². The molecule has 1 aromatic rings. The second kappa shape index (κ2) is 12.2. The molecule has 0 aromatic heterocycles. The Hall–Kier alpha value is -2.70. The number of nitrogens with two attached hydrogens (primary N) is 1. The van der Waals surface area contributed by atoms with Crippen LogP contribution in [-0.2, 0) is 27.3 Å². The van der Waals surface area contributed by atoms with Crippen LogP contribution < -0.4 is 5.73 Å². The highest BCUT2D eigenvalue weighted by Gasteiger charge is 2.64. The molecular weight excluding hydrogens is 616 g/mol. The highest BCUT2D eigenvalue weighted by Crippen LogP contribution is 2.53. The molecule has 0 spiro atoms. The average Bonchev–Trinajstić information content (AvgIpc) is 2.82. The molecule has 1 amide bonds. The van der Waals surface area contributed by atoms with Crippen molar-refractivity contribution in [2.24, 2.45) is 23.0 Å². The topological polar surface area (TPSA) is 165 Å². The minimum absolute atomic E-state index is 0. The number of phenolic OH excluding ortho intramolecular Hbond substituents is 1. The van der Waals surface area contributed by atoms with Crippen LogP contribution in [0.1, 0.15) is 64.2 Å². The monoisotopic (exact) mass is 659 g/mol. The lowest BCUT2D eigenvalue weighted by atomic mass is 9.57. The summed E-state index contributed by atoms with van der Waals surface area (Å²) in [4.78, 5) is 42.6. The Morgan fingerprint density at radius 2 is 1.66 bits per heavy atom. The maximum Gasteiger partial charge on any atom is 0.255 e. The van der Waals surface area contributed by atoms with Crippen LogP contribution in [0.3, 0.4) is 0 Å². The first-order valence-electron chi connectivity index (χ1n) is 14.0. The van der Waals surface area contributed by atoms with Gasteiger partial charge in [0.05, 0.1) is 11.6 Å². The first-order chi connectivity index (χ1) is 19.1. The molecule has 246 valence electrons. The fourth-order valence-electron chi connectivity index (χ4n) is 7.36. The van der Waals surface area contributed by atoms with Crippen LogP contribution in [0.5, 0.6) is 5.75 Å². The van der Waals surface area contributed by atoms with Crippen molar-refractivity contribution in [3.05, 3.63) is 45.5 Å². The lowest BCUT2D eigenvalue weighted by Gasteiger charge is -2.50. The average molecular weight is 661 g/mol. The van der Waals surface area contributed by atoms with Gasteiger partial charge in [0.25, 0.3) is 5.91 Å². The normalized spacial score (nSPS) is 25.3. The number of fused-ring (bicyclic) bond motifs is 3. The van der Waals surface area contributed by atoms with Gasteiger partial charge in [-0.1, -0.05) is 20.8 Å². The van der Waals surface area contributed by atoms with E-state index in [2.05, 4.69) is 34.6 Å². The van der Waals surface area contributed by atoms with Gasteiger partial charge in [-0.3, -0.25) is 24.2 Å². The van der Waals surface area contributed by atoms with Gasteiger partial charge >= 0.3 is 0 Å². The number of primary amides is 1. The van der Waals surface area contributed by atoms with Crippen LogP contribution in [-0.4, -0.2) is 86.0 Å². The van der Waals surface area contributed by atoms with Gasteiger partial charge in [-0.25, -0.2) is 4.39 Å². The Morgan fingerprint density at radius 1 is 1.09 bits per heavy atom. The van der Waals surface area contributed by atoms with Gasteiger partial charge in [0, 0.05) is 34.7 Å². The molecule has 44 heavy (non-hydrogen) atoms. The third kappa shape index (κ3) is 5.85. The summed E-state index contributed by atoms with van der Waals surface area (Å²) < 4.78 is 16.2. The van der Waals surface area contributed by atoms with Crippen molar-refractivity contribution in [1.29, 1.82) is 0 Å². The van der Waals surface area contributed by atoms with Crippen LogP contribution in [0, 0.1) is 23.1 Å². The smallest absolute Gasteiger partial charge is 0.255 e. The van der Waals surface area contributed by atoms with E-state index in [1.54, 1.807) is 0 Å². The molecule has 3 aliphatic carbocycles. The number of Topliss-reactive ketones (excluding diaryl/α,β-unsaturated/α-hetero) is 2. The number of benzene rings is 1. The zero-order chi connectivity index (χ0) is 31.9. The number of nitrogens with zero attached hydrogens (tertiary/aromatic N) is 2. The summed E-state index contributed by atoms with van der Waals surface area (Å²) in [6.07, 6.45) is 0.618. The van der Waals surface area contributed by atoms with E-state index in [9.17, 15) is 34.8 Å². The Bertz CT molecular complexity index is 1450. The molecule has 0 radical (unpaired) electrons. The predicted molar refractivity (Wildman–Crippen MR) is 168 cm³/mol. The number of hydrogen-bond donors (Lipinski definition) is 5. The molecule has 6 N–H and O–H groups in total. The molecule has 10 nitrogen and oxygen atoms in total. The van der Waals surface area contributed by atoms with Crippen LogP contribution in [0.2, 0.25) is 0 Å². The van der Waals surface area contributed by atoms with Crippen LogP contribution in [0.4, 0.5) is 4.39 Å². The number of halogens is 3. The SMILES string of the molecule is CN(C)[C@@H]1C(=O)C(C(N)=O)=C(O)[C@@]2(O)C(=O)C3=C(O)c4c(O)cc(CN(C)C(C)(C)CC(C)(C)C)c(F)c4C[C@H]3C[C@@H]12.Cl.Cl. The fraction of sp³-hybridized carbons (Fsp3) is 0.581. The number of amides is 1. The molecule has 0 saturated heterocycles. The van der Waals surface area contributed by atoms with E-state index >= 15 is 4.39 Å². The Kier molecular flexibility index (Phi) is 10.4. The standard InChI is InChI=1S/C31H42FN3O7.2ClH/c1-29(2,3)13-30(4,5)35(8)12-15-11-18(36)20-16(22(15)32)9-14-10-17-23(34(6)7)25(38)21(28(33)41)27(40)31(17,42)26(39)19(14)24(20)37;;/h11,14,17,23,36-37,40,42H,9-10,12-13H2,1-8H3,(H2,33,41);2*1H/t14-,17-,23-,31-;;/m0../s1. The number of rotatable bonds is 6. The second-order valence-electron chi connectivity index (χ2n) is 14.1. The Labute approximate surface area is 269 Å². The summed E-state index contributed by atoms with van der Waals surface area (Å²) in [5.74, 6) is -8.27. The minimum atomic E-state index is -2.74. The highest BCUT2D eigenvalue weighted by molar-refractivity contribution is 6.24. The van der Waals surface area contributed by atoms with Gasteiger partial charge < -0.3 is 26.2 Å². The van der Waals surface area contributed by atoms with Crippen molar-refractivity contribution >= 4 is 48.0 Å². The summed E-state index contributed by atoms with van der Waals surface area (Å²) in [5.41, 5.74) is 1.11. The molecule has 0 heterocycles. The third-order valence-electron chi connectivity index (χ3n) is 9.13. The molecule has 0 unspecified atom stereocenters. The lowest BCUT2D eigenvalue weighted by molar-refractivity contribution is -0.153. The van der Waals surface area contributed by atoms with Gasteiger partial charge in [-0.15, -0.1) is 24.8 Å². The largest absolute Gasteiger partial charge is 0.508 e. The van der Waals surface area contributed by atoms with E-state index in [1.807, 2.05) is 11.9 Å². The summed E-state index contributed by atoms with van der Waals surface area (Å²) in [6.45, 7) is 10.7. The van der Waals surface area contributed by atoms with E-state index in [1.165, 1.54) is 25.1 Å². The molecule has 0 bridgehead atoms. The number of carbonyl (C=O) groups excluding carboxylic acids is 3. The maximum atomic E-state index is 16.2. The molecule has 1 aromatic carbocycles. The molecule has 4 atom stereocenters. The van der Waals surface area contributed by atoms with Crippen molar-refractivity contribution < 1.29 is 39.2 Å². The zero-order valence-corrected chi connectivity index (χ0v) is 28.0. The van der Waals surface area contributed by atoms with Gasteiger partial charge in [0.2, 0.25) is 5.78 Å². The number of hydrogen-bond acceptors (Lipinski definition) is 9. The molecule has 0 aliphatic heterocycles. The minimum Gasteiger partial charge on any atom is -0.508 e. The number of aliphatic hydroxyl groups is 3. The quantitative estimate of drug-likeness (QED) is 0.287. The molecular formula is C31H44Cl2FN3O7. The van der Waals surface area contributed by atoms with Gasteiger partial charge in [-0.2, -0.15) is 0 Å². The highest BCUT2D eigenvalue weighted by atomic mass is 35.5. The predicted octanol–water partition coefficient (Wildman–Crippen LogP) is 3.59. The third-order valence-corrected chi connectivity index (χ3v) is 9.13. The summed E-state index contributed by atoms with van der Waals surface area (Å²) >= 11 is 0. The van der Waals surface area contributed by atoms with Crippen molar-refractivity contribution in [2.45, 2.75) is 77.6 Å². The second-order valence-corrected chi connectivity index (χ2v) is 14.1. The zero-order valence-electron chi connectivity index (χ0n) is 26.3. The number of carbonyl (C=O) groups is 3. The maximum absolute atomic E-state index is 16.2. The molecule has 1 fully saturated rings. The Balaban J connectivity index is 0.00000337. The number of aliphatic hydroxyl groups excluding tert-OH is 2. The van der Waals surface area contributed by atoms with Gasteiger partial charge in [0.15, 0.2) is 11.4 Å². The van der Waals surface area contributed by atoms with Crippen LogP contribution in [0.25, 0.3) is 5.76 Å². The number of likely N-dealkylation sites (N-methyl/N-ethyl adjacent to an activating group) is 1. The van der Waals surface area contributed by atoms with Crippen molar-refractivity contribution in [1.82, 2.24) is 9.80 Å². The Morgan fingerprint density at radius 3 is 2.16 bits per heavy atom. The lowest BCUT2D eigenvalue weighted by Crippen LogP contribution is -2.65. The molecule has 3 aliphatic rings. The van der Waals surface area contributed by atoms with Crippen molar-refractivity contribution in [3.63, 3.8) is 0 Å². The van der Waals surface area contributed by atoms with Gasteiger partial charge in [0.1, 0.15) is 28.7 Å². The van der Waals surface area contributed by atoms with Crippen molar-refractivity contribution in [2.75, 3.05) is 21.1 Å². The van der Waals surface area contributed by atoms with Crippen LogP contribution in [0.15, 0.2) is 23.0 Å². The fourth-order valence-corrected chi connectivity index (χ4v) is 7.36. The van der Waals surface area contributed by atoms with E-state index in [-0.39, 0.29) is 77.4 Å². The molecule has 13 heteroatoms. The number of phenols is 1. The van der Waals surface area contributed by atoms with E-state index < -0.39 is 69.6 Å². The van der Waals surface area contributed by atoms with E-state index in [0.29, 0.717) is 0 Å². The first kappa shape index (κ1) is 37.5.